The average Bonchev–Trinajstić information content (AvgIpc) is 2.20. The van der Waals surface area contributed by atoms with Crippen LogP contribution in [0.15, 0.2) is 18.2 Å². The Bertz CT molecular complexity index is 336. The lowest BCUT2D eigenvalue weighted by Gasteiger charge is -1.95. The highest BCUT2D eigenvalue weighted by Crippen LogP contribution is 2.21. The molecule has 76 valence electrons. The fourth-order valence-corrected chi connectivity index (χ4v) is 0.803. The Kier molecular flexibility index (Phi) is 4.91. The lowest BCUT2D eigenvalue weighted by molar-refractivity contribution is -0.385. The molecule has 0 bridgehead atoms. The minimum absolute atomic E-state index is 0.125. The van der Waals surface area contributed by atoms with Gasteiger partial charge in [0.25, 0.3) is 5.69 Å². The molecule has 1 rings (SSSR count). The third-order valence-electron chi connectivity index (χ3n) is 1.33. The van der Waals surface area contributed by atoms with Crippen LogP contribution in [-0.4, -0.2) is 16.3 Å². The topological polar surface area (TPSA) is 80.4 Å². The third-order valence-corrected chi connectivity index (χ3v) is 1.33. The van der Waals surface area contributed by atoms with Crippen molar-refractivity contribution in [3.05, 3.63) is 33.9 Å². The monoisotopic (exact) mass is 197 g/mol. The molecule has 0 aliphatic carbocycles. The van der Waals surface area contributed by atoms with E-state index in [1.165, 1.54) is 0 Å². The summed E-state index contributed by atoms with van der Waals surface area (Å²) in [7, 11) is 0. The van der Waals surface area contributed by atoms with Gasteiger partial charge in [0.1, 0.15) is 5.75 Å². The lowest BCUT2D eigenvalue weighted by atomic mass is 10.2. The van der Waals surface area contributed by atoms with Crippen molar-refractivity contribution >= 4 is 12.0 Å². The van der Waals surface area contributed by atoms with Crippen LogP contribution in [0.5, 0.6) is 5.75 Å². The van der Waals surface area contributed by atoms with Crippen molar-refractivity contribution in [3.8, 4) is 5.75 Å². The van der Waals surface area contributed by atoms with Crippen LogP contribution in [0, 0.1) is 10.1 Å². The molecule has 0 fully saturated rings. The summed E-state index contributed by atoms with van der Waals surface area (Å²) in [5.41, 5.74) is -0.428. The number of aldehydes is 1. The molecule has 0 saturated heterocycles. The number of hydrogen-bond acceptors (Lipinski definition) is 4. The SMILES string of the molecule is CC.O=Cc1cc(O)ccc1[N+](=O)[O-]. The molecule has 5 nitrogen and oxygen atoms in total. The van der Waals surface area contributed by atoms with Crippen molar-refractivity contribution in [2.24, 2.45) is 0 Å². The number of nitro groups is 1. The molecule has 0 heterocycles. The van der Waals surface area contributed by atoms with Crippen LogP contribution in [0.4, 0.5) is 5.69 Å². The molecule has 1 aromatic carbocycles. The highest BCUT2D eigenvalue weighted by atomic mass is 16.6. The van der Waals surface area contributed by atoms with E-state index in [0.717, 1.165) is 18.2 Å². The number of nitro benzene ring substituents is 1. The van der Waals surface area contributed by atoms with Crippen LogP contribution in [0.2, 0.25) is 0 Å². The molecule has 5 heteroatoms. The van der Waals surface area contributed by atoms with Crippen molar-refractivity contribution in [2.75, 3.05) is 0 Å². The van der Waals surface area contributed by atoms with Gasteiger partial charge in [0.15, 0.2) is 6.29 Å². The molecular formula is C9H11NO4. The van der Waals surface area contributed by atoms with Gasteiger partial charge in [-0.25, -0.2) is 0 Å². The molecule has 0 spiro atoms. The number of benzene rings is 1. The Labute approximate surface area is 81.1 Å². The maximum absolute atomic E-state index is 10.3. The summed E-state index contributed by atoms with van der Waals surface area (Å²) in [5.74, 6) is -0.164. The number of nitrogens with zero attached hydrogens (tertiary/aromatic N) is 1. The Morgan fingerprint density at radius 1 is 1.43 bits per heavy atom. The first-order valence-electron chi connectivity index (χ1n) is 4.07. The summed E-state index contributed by atoms with van der Waals surface area (Å²) >= 11 is 0. The molecular weight excluding hydrogens is 186 g/mol. The predicted molar refractivity (Wildman–Crippen MR) is 51.5 cm³/mol. The molecule has 0 aliphatic heterocycles. The van der Waals surface area contributed by atoms with Crippen molar-refractivity contribution in [1.82, 2.24) is 0 Å². The normalized spacial score (nSPS) is 8.43. The van der Waals surface area contributed by atoms with Gasteiger partial charge in [0.05, 0.1) is 10.5 Å². The molecule has 0 radical (unpaired) electrons. The molecule has 0 aliphatic rings. The summed E-state index contributed by atoms with van der Waals surface area (Å²) in [6.45, 7) is 4.00. The molecule has 0 unspecified atom stereocenters. The second kappa shape index (κ2) is 5.69. The number of carbonyl (C=O) groups is 1. The number of hydrogen-bond donors (Lipinski definition) is 1. The average molecular weight is 197 g/mol. The van der Waals surface area contributed by atoms with Crippen LogP contribution in [0.3, 0.4) is 0 Å². The van der Waals surface area contributed by atoms with E-state index >= 15 is 0 Å². The highest BCUT2D eigenvalue weighted by molar-refractivity contribution is 5.82. The van der Waals surface area contributed by atoms with Crippen molar-refractivity contribution < 1.29 is 14.8 Å². The second-order valence-corrected chi connectivity index (χ2v) is 2.12. The smallest absolute Gasteiger partial charge is 0.280 e. The van der Waals surface area contributed by atoms with Crippen LogP contribution in [-0.2, 0) is 0 Å². The second-order valence-electron chi connectivity index (χ2n) is 2.12. The quantitative estimate of drug-likeness (QED) is 0.447. The Hall–Kier alpha value is -1.91. The number of rotatable bonds is 2. The molecule has 1 N–H and O–H groups in total. The summed E-state index contributed by atoms with van der Waals surface area (Å²) in [4.78, 5) is 19.8. The number of phenols is 1. The maximum atomic E-state index is 10.3. The summed E-state index contributed by atoms with van der Waals surface area (Å²) in [6, 6.07) is 3.29. The van der Waals surface area contributed by atoms with E-state index in [-0.39, 0.29) is 17.0 Å². The van der Waals surface area contributed by atoms with Gasteiger partial charge in [-0.15, -0.1) is 0 Å². The van der Waals surface area contributed by atoms with E-state index in [2.05, 4.69) is 0 Å². The third kappa shape index (κ3) is 2.85. The molecule has 14 heavy (non-hydrogen) atoms. The number of phenolic OH excluding ortho intramolecular Hbond substituents is 1. The lowest BCUT2D eigenvalue weighted by Crippen LogP contribution is -1.93. The van der Waals surface area contributed by atoms with E-state index < -0.39 is 4.92 Å². The zero-order valence-electron chi connectivity index (χ0n) is 7.93. The molecule has 0 saturated carbocycles. The first-order chi connectivity index (χ1) is 6.65. The largest absolute Gasteiger partial charge is 0.508 e. The fourth-order valence-electron chi connectivity index (χ4n) is 0.803. The van der Waals surface area contributed by atoms with Gasteiger partial charge in [-0.3, -0.25) is 14.9 Å². The van der Waals surface area contributed by atoms with E-state index in [1.807, 2.05) is 13.8 Å². The van der Waals surface area contributed by atoms with Crippen LogP contribution in [0.1, 0.15) is 24.2 Å². The van der Waals surface area contributed by atoms with Gasteiger partial charge >= 0.3 is 0 Å². The van der Waals surface area contributed by atoms with E-state index in [4.69, 9.17) is 5.11 Å². The van der Waals surface area contributed by atoms with Crippen molar-refractivity contribution in [3.63, 3.8) is 0 Å². The summed E-state index contributed by atoms with van der Waals surface area (Å²) < 4.78 is 0. The van der Waals surface area contributed by atoms with E-state index in [1.54, 1.807) is 0 Å². The van der Waals surface area contributed by atoms with Gasteiger partial charge in [0, 0.05) is 6.07 Å². The minimum Gasteiger partial charge on any atom is -0.508 e. The fraction of sp³-hybridized carbons (Fsp3) is 0.222. The zero-order valence-corrected chi connectivity index (χ0v) is 7.93. The van der Waals surface area contributed by atoms with Crippen LogP contribution >= 0.6 is 0 Å². The number of carbonyl (C=O) groups excluding carboxylic acids is 1. The maximum Gasteiger partial charge on any atom is 0.280 e. The molecule has 0 aromatic heterocycles. The van der Waals surface area contributed by atoms with Gasteiger partial charge in [-0.05, 0) is 12.1 Å². The van der Waals surface area contributed by atoms with Crippen LogP contribution in [0.25, 0.3) is 0 Å². The Morgan fingerprint density at radius 2 is 2.00 bits per heavy atom. The van der Waals surface area contributed by atoms with Gasteiger partial charge in [-0.2, -0.15) is 0 Å². The van der Waals surface area contributed by atoms with Crippen molar-refractivity contribution in [2.45, 2.75) is 13.8 Å². The standard InChI is InChI=1S/C7H5NO4.C2H6/c9-4-5-3-6(10)1-2-7(5)8(11)12;1-2/h1-4,10H;1-2H3. The van der Waals surface area contributed by atoms with Crippen molar-refractivity contribution in [1.29, 1.82) is 0 Å². The Morgan fingerprint density at radius 3 is 2.43 bits per heavy atom. The molecule has 0 amide bonds. The summed E-state index contributed by atoms with van der Waals surface area (Å²) in [5, 5.41) is 19.1. The predicted octanol–water partition coefficient (Wildman–Crippen LogP) is 2.14. The number of aromatic hydroxyl groups is 1. The summed E-state index contributed by atoms with van der Waals surface area (Å²) in [6.07, 6.45) is 0.331. The van der Waals surface area contributed by atoms with Crippen LogP contribution < -0.4 is 0 Å². The molecule has 0 atom stereocenters. The Balaban J connectivity index is 0.000000791. The molecule has 1 aromatic rings. The van der Waals surface area contributed by atoms with E-state index in [0.29, 0.717) is 6.29 Å². The van der Waals surface area contributed by atoms with Gasteiger partial charge in [-0.1, -0.05) is 13.8 Å². The zero-order chi connectivity index (χ0) is 11.1. The van der Waals surface area contributed by atoms with Gasteiger partial charge < -0.3 is 5.11 Å². The first-order valence-corrected chi connectivity index (χ1v) is 4.07. The van der Waals surface area contributed by atoms with Gasteiger partial charge in [0.2, 0.25) is 0 Å². The van der Waals surface area contributed by atoms with E-state index in [9.17, 15) is 14.9 Å². The minimum atomic E-state index is -0.677. The highest BCUT2D eigenvalue weighted by Gasteiger charge is 2.12. The first kappa shape index (κ1) is 12.1.